The molecule has 0 heterocycles. The molecule has 8 heavy (non-hydrogen) atoms. The van der Waals surface area contributed by atoms with Crippen LogP contribution in [0.4, 0.5) is 9.59 Å². The zero-order chi connectivity index (χ0) is 6.73. The number of carboxylic acid groups (broad SMARTS) is 2. The predicted octanol–water partition coefficient (Wildman–Crippen LogP) is 0.106. The first-order chi connectivity index (χ1) is 3.55. The molecule has 0 aromatic carbocycles. The number of imide groups is 1. The van der Waals surface area contributed by atoms with E-state index in [0.29, 0.717) is 0 Å². The SMILES string of the molecule is O=C(O)[N]([Ta])C(=O)O. The number of amides is 2. The molecule has 0 atom stereocenters. The van der Waals surface area contributed by atoms with Crippen molar-refractivity contribution < 1.29 is 41.1 Å². The van der Waals surface area contributed by atoms with Crippen molar-refractivity contribution in [3.63, 3.8) is 0 Å². The third-order valence-corrected chi connectivity index (χ3v) is 1.59. The summed E-state index contributed by atoms with van der Waals surface area (Å²) in [6, 6.07) is 0. The molecule has 0 aliphatic rings. The maximum atomic E-state index is 9.71. The van der Waals surface area contributed by atoms with Gasteiger partial charge < -0.3 is 0 Å². The van der Waals surface area contributed by atoms with E-state index >= 15 is 0 Å². The van der Waals surface area contributed by atoms with Gasteiger partial charge in [0.15, 0.2) is 0 Å². The summed E-state index contributed by atoms with van der Waals surface area (Å²) < 4.78 is 0.278. The van der Waals surface area contributed by atoms with Gasteiger partial charge in [0.25, 0.3) is 0 Å². The van der Waals surface area contributed by atoms with E-state index in [2.05, 4.69) is 0 Å². The Morgan fingerprint density at radius 3 is 1.50 bits per heavy atom. The Hall–Kier alpha value is -0.520. The molecule has 0 rings (SSSR count). The number of carbonyl (C=O) groups is 2. The Balaban J connectivity index is 3.83. The van der Waals surface area contributed by atoms with E-state index in [1.165, 1.54) is 0 Å². The van der Waals surface area contributed by atoms with E-state index in [0.717, 1.165) is 0 Å². The second kappa shape index (κ2) is 2.71. The molecule has 0 aliphatic carbocycles. The summed E-state index contributed by atoms with van der Waals surface area (Å²) in [6.07, 6.45) is -2.85. The number of hydrogen-bond donors (Lipinski definition) is 2. The molecule has 0 radical (unpaired) electrons. The van der Waals surface area contributed by atoms with E-state index in [1.807, 2.05) is 0 Å². The van der Waals surface area contributed by atoms with Gasteiger partial charge in [-0.25, -0.2) is 0 Å². The number of nitrogens with zero attached hydrogens (tertiary/aromatic N) is 1. The minimum absolute atomic E-state index is 0.184. The van der Waals surface area contributed by atoms with Crippen LogP contribution in [0.3, 0.4) is 0 Å². The van der Waals surface area contributed by atoms with Gasteiger partial charge >= 0.3 is 56.6 Å². The molecule has 0 aromatic heterocycles. The molecule has 0 aromatic rings. The second-order valence-corrected chi connectivity index (χ2v) is 2.31. The van der Waals surface area contributed by atoms with Gasteiger partial charge in [-0.2, -0.15) is 0 Å². The van der Waals surface area contributed by atoms with E-state index in [-0.39, 0.29) is 24.6 Å². The van der Waals surface area contributed by atoms with Crippen molar-refractivity contribution in [1.29, 1.82) is 0 Å². The van der Waals surface area contributed by atoms with Crippen LogP contribution in [0.2, 0.25) is 0 Å². The molecule has 0 saturated carbocycles. The van der Waals surface area contributed by atoms with Crippen molar-refractivity contribution in [2.24, 2.45) is 0 Å². The monoisotopic (exact) mass is 285 g/mol. The van der Waals surface area contributed by atoms with Crippen LogP contribution >= 0.6 is 0 Å². The van der Waals surface area contributed by atoms with E-state index in [1.54, 1.807) is 0 Å². The van der Waals surface area contributed by atoms with E-state index in [9.17, 15) is 9.59 Å². The van der Waals surface area contributed by atoms with Gasteiger partial charge in [-0.05, 0) is 0 Å². The molecule has 0 fully saturated rings. The van der Waals surface area contributed by atoms with Crippen LogP contribution in [0.15, 0.2) is 0 Å². The van der Waals surface area contributed by atoms with E-state index < -0.39 is 12.2 Å². The fourth-order valence-electron chi connectivity index (χ4n) is 0.0818. The third kappa shape index (κ3) is 1.97. The number of hydrogen-bond acceptors (Lipinski definition) is 2. The first kappa shape index (κ1) is 7.48. The molecule has 0 aliphatic heterocycles. The Morgan fingerprint density at radius 2 is 1.50 bits per heavy atom. The molecule has 0 bridgehead atoms. The summed E-state index contributed by atoms with van der Waals surface area (Å²) in [5.74, 6) is 0. The van der Waals surface area contributed by atoms with Crippen LogP contribution in [0, 0.1) is 0 Å². The first-order valence-corrected chi connectivity index (χ1v) is 2.94. The standard InChI is InChI=1S/C2H2NO4.Ta/c4-1(5)3-2(6)7;/h(H,4,5)(H,6,7);/q-1;+1. The normalized spacial score (nSPS) is 8.00. The molecule has 2 amide bonds. The summed E-state index contributed by atoms with van der Waals surface area (Å²) in [4.78, 5) is 19.4. The summed E-state index contributed by atoms with van der Waals surface area (Å²) in [5.41, 5.74) is 0. The molecule has 44 valence electrons. The summed E-state index contributed by atoms with van der Waals surface area (Å²) in [7, 11) is 0. The van der Waals surface area contributed by atoms with Crippen LogP contribution in [-0.2, 0) is 21.3 Å². The van der Waals surface area contributed by atoms with Crippen molar-refractivity contribution in [3.8, 4) is 0 Å². The Morgan fingerprint density at radius 1 is 1.25 bits per heavy atom. The van der Waals surface area contributed by atoms with Gasteiger partial charge in [0.2, 0.25) is 0 Å². The van der Waals surface area contributed by atoms with Crippen LogP contribution < -0.4 is 0 Å². The molecule has 0 unspecified atom stereocenters. The topological polar surface area (TPSA) is 77.8 Å². The Bertz CT molecular complexity index is 109. The summed E-state index contributed by atoms with van der Waals surface area (Å²) in [6.45, 7) is 0. The molecular formula is C2H2NO4Ta. The fraction of sp³-hybridized carbons (Fsp3) is 0. The maximum absolute atomic E-state index is 9.71. The van der Waals surface area contributed by atoms with Gasteiger partial charge in [0.1, 0.15) is 0 Å². The zero-order valence-electron chi connectivity index (χ0n) is 3.61. The minimum atomic E-state index is -1.43. The van der Waals surface area contributed by atoms with Gasteiger partial charge in [-0.1, -0.05) is 0 Å². The van der Waals surface area contributed by atoms with Gasteiger partial charge in [0, 0.05) is 0 Å². The van der Waals surface area contributed by atoms with Crippen LogP contribution in [0.1, 0.15) is 0 Å². The number of rotatable bonds is 0. The quantitative estimate of drug-likeness (QED) is 0.662. The summed E-state index contributed by atoms with van der Waals surface area (Å²) >= 11 is 0.184. The average Bonchev–Trinajstić information content (AvgIpc) is 1.64. The van der Waals surface area contributed by atoms with Crippen molar-refractivity contribution in [2.75, 3.05) is 0 Å². The third-order valence-electron chi connectivity index (χ3n) is 0.362. The molecular weight excluding hydrogens is 283 g/mol. The van der Waals surface area contributed by atoms with E-state index in [4.69, 9.17) is 10.2 Å². The Labute approximate surface area is 57.1 Å². The molecule has 5 nitrogen and oxygen atoms in total. The average molecular weight is 285 g/mol. The summed E-state index contributed by atoms with van der Waals surface area (Å²) in [5, 5.41) is 15.9. The first-order valence-electron chi connectivity index (χ1n) is 1.50. The van der Waals surface area contributed by atoms with Crippen molar-refractivity contribution >= 4 is 12.2 Å². The predicted molar refractivity (Wildman–Crippen MR) is 17.9 cm³/mol. The van der Waals surface area contributed by atoms with Crippen LogP contribution in [0.5, 0.6) is 0 Å². The zero-order valence-corrected chi connectivity index (χ0v) is 6.82. The van der Waals surface area contributed by atoms with Crippen molar-refractivity contribution in [3.05, 3.63) is 0 Å². The molecule has 6 heteroatoms. The molecule has 0 saturated heterocycles. The van der Waals surface area contributed by atoms with Gasteiger partial charge in [-0.3, -0.25) is 0 Å². The van der Waals surface area contributed by atoms with Crippen molar-refractivity contribution in [2.45, 2.75) is 0 Å². The molecule has 0 spiro atoms. The molecule has 2 N–H and O–H groups in total. The van der Waals surface area contributed by atoms with Crippen LogP contribution in [-0.4, -0.2) is 25.7 Å². The van der Waals surface area contributed by atoms with Crippen LogP contribution in [0.25, 0.3) is 0 Å². The van der Waals surface area contributed by atoms with Crippen molar-refractivity contribution in [1.82, 2.24) is 3.30 Å². The second-order valence-electron chi connectivity index (χ2n) is 0.877. The van der Waals surface area contributed by atoms with Gasteiger partial charge in [0.05, 0.1) is 0 Å². The Kier molecular flexibility index (Phi) is 2.53. The fourth-order valence-corrected chi connectivity index (χ4v) is 0.0818. The van der Waals surface area contributed by atoms with Gasteiger partial charge in [-0.15, -0.1) is 0 Å².